The fourth-order valence-corrected chi connectivity index (χ4v) is 16.5. The SMILES string of the molecule is CCN(c1cc(-c2ccc(COCCOc3ccc4c(c3)C(=O)N(C(C)C(C)C)C4)cc2)cc(C(=O)NCc2c(C)cc(C)[nH]c2=O)c1C)C(CCO)CCCC1CCC(N(CC)c2cc(-c3ccc(COCCOc4ccc5c(c4)C(=O)N(C(C(=O)O)C(C)C)C5)cc3)cc(C(=O)NCc3c(C)cc(C)[nH]c3=O)c2C)C1. The number of aromatic amines is 2. The lowest BCUT2D eigenvalue weighted by atomic mass is 9.93. The number of aliphatic hydroxyl groups is 1. The number of benzene rings is 6. The number of H-pyrrole nitrogens is 2. The van der Waals surface area contributed by atoms with Gasteiger partial charge < -0.3 is 69.4 Å². The first-order valence-electron chi connectivity index (χ1n) is 39.8. The summed E-state index contributed by atoms with van der Waals surface area (Å²) in [6, 6.07) is 38.6. The van der Waals surface area contributed by atoms with Crippen LogP contribution in [0.5, 0.6) is 11.5 Å². The zero-order valence-corrected chi connectivity index (χ0v) is 67.4. The van der Waals surface area contributed by atoms with Gasteiger partial charge in [-0.2, -0.15) is 0 Å². The molecule has 112 heavy (non-hydrogen) atoms. The highest BCUT2D eigenvalue weighted by Crippen LogP contribution is 2.41. The second kappa shape index (κ2) is 37.3. The first kappa shape index (κ1) is 82.6. The third-order valence-corrected chi connectivity index (χ3v) is 23.0. The molecule has 4 amide bonds. The zero-order chi connectivity index (χ0) is 80.2. The van der Waals surface area contributed by atoms with Crippen molar-refractivity contribution in [2.75, 3.05) is 55.9 Å². The van der Waals surface area contributed by atoms with Gasteiger partial charge in [-0.25, -0.2) is 4.79 Å². The molecule has 3 aliphatic rings. The molecule has 0 spiro atoms. The molecule has 2 aromatic heterocycles. The maximum atomic E-state index is 14.6. The molecule has 6 aromatic carbocycles. The number of aliphatic carboxylic acids is 1. The number of carboxylic acids is 1. The summed E-state index contributed by atoms with van der Waals surface area (Å²) in [5, 5.41) is 26.9. The monoisotopic (exact) mass is 1520 g/mol. The summed E-state index contributed by atoms with van der Waals surface area (Å²) < 4.78 is 24.2. The van der Waals surface area contributed by atoms with E-state index < -0.39 is 12.0 Å². The number of hydrogen-bond acceptors (Lipinski definition) is 14. The molecule has 0 saturated heterocycles. The molecule has 0 bridgehead atoms. The van der Waals surface area contributed by atoms with E-state index in [1.165, 1.54) is 4.90 Å². The number of fused-ring (bicyclic) bond motifs is 2. The van der Waals surface area contributed by atoms with Crippen molar-refractivity contribution in [3.63, 3.8) is 0 Å². The lowest BCUT2D eigenvalue weighted by Crippen LogP contribution is -2.44. The number of ether oxygens (including phenoxy) is 4. The van der Waals surface area contributed by atoms with Gasteiger partial charge in [0.05, 0.1) is 26.4 Å². The first-order valence-corrected chi connectivity index (χ1v) is 39.8. The van der Waals surface area contributed by atoms with E-state index in [0.717, 1.165) is 128 Å². The molecule has 1 fully saturated rings. The second-order valence-electron chi connectivity index (χ2n) is 31.3. The fourth-order valence-electron chi connectivity index (χ4n) is 16.5. The number of aliphatic hydroxyl groups excluding tert-OH is 1. The van der Waals surface area contributed by atoms with Crippen molar-refractivity contribution >= 4 is 41.0 Å². The second-order valence-corrected chi connectivity index (χ2v) is 31.3. The number of rotatable bonds is 37. The number of anilines is 2. The van der Waals surface area contributed by atoms with Gasteiger partial charge in [0.2, 0.25) is 0 Å². The Bertz CT molecular complexity index is 4830. The minimum atomic E-state index is -1.03. The number of pyridine rings is 2. The van der Waals surface area contributed by atoms with Crippen LogP contribution >= 0.6 is 0 Å². The van der Waals surface area contributed by atoms with E-state index in [2.05, 4.69) is 77.2 Å². The average Bonchev–Trinajstić information content (AvgIpc) is 1.74. The number of carbonyl (C=O) groups is 5. The number of carbonyl (C=O) groups excluding carboxylic acids is 4. The van der Waals surface area contributed by atoms with Crippen LogP contribution in [-0.4, -0.2) is 130 Å². The third kappa shape index (κ3) is 19.4. The lowest BCUT2D eigenvalue weighted by molar-refractivity contribution is -0.144. The van der Waals surface area contributed by atoms with Crippen molar-refractivity contribution in [1.29, 1.82) is 0 Å². The Morgan fingerprint density at radius 3 is 1.52 bits per heavy atom. The topological polar surface area (TPSA) is 265 Å². The zero-order valence-electron chi connectivity index (χ0n) is 67.4. The van der Waals surface area contributed by atoms with Gasteiger partial charge in [0.25, 0.3) is 34.7 Å². The van der Waals surface area contributed by atoms with Crippen LogP contribution in [0.1, 0.15) is 202 Å². The van der Waals surface area contributed by atoms with E-state index in [-0.39, 0.29) is 98.2 Å². The van der Waals surface area contributed by atoms with Crippen LogP contribution in [0.4, 0.5) is 11.4 Å². The molecule has 4 heterocycles. The molecule has 6 N–H and O–H groups in total. The Hall–Kier alpha value is -10.4. The van der Waals surface area contributed by atoms with Crippen molar-refractivity contribution in [1.82, 2.24) is 30.4 Å². The minimum Gasteiger partial charge on any atom is -0.491 e. The van der Waals surface area contributed by atoms with Crippen LogP contribution < -0.4 is 41.0 Å². The largest absolute Gasteiger partial charge is 0.491 e. The molecule has 8 aromatic rings. The predicted molar refractivity (Wildman–Crippen MR) is 439 cm³/mol. The van der Waals surface area contributed by atoms with Crippen molar-refractivity contribution in [2.24, 2.45) is 17.8 Å². The molecule has 21 nitrogen and oxygen atoms in total. The highest BCUT2D eigenvalue weighted by molar-refractivity contribution is 6.02. The van der Waals surface area contributed by atoms with Crippen LogP contribution in [0, 0.1) is 59.3 Å². The maximum absolute atomic E-state index is 14.6. The van der Waals surface area contributed by atoms with Crippen LogP contribution in [-0.2, 0) is 53.7 Å². The summed E-state index contributed by atoms with van der Waals surface area (Å²) in [6.07, 6.45) is 6.18. The van der Waals surface area contributed by atoms with E-state index in [9.17, 15) is 43.8 Å². The molecule has 1 aliphatic carbocycles. The van der Waals surface area contributed by atoms with E-state index in [4.69, 9.17) is 18.9 Å². The Morgan fingerprint density at radius 2 is 1.05 bits per heavy atom. The van der Waals surface area contributed by atoms with Crippen molar-refractivity contribution < 1.29 is 53.1 Å². The van der Waals surface area contributed by atoms with Gasteiger partial charge in [-0.05, 0) is 240 Å². The standard InChI is InChI=1S/C91H112N8O13/c1-14-96(82-44-70(42-76(60(82)11)85(101)92-48-80-56(7)39-58(9)94-87(80)103)66-24-19-64(20-25-66)52-109-35-37-111-74-31-28-68-50-98(62(13)54(3)4)89(105)78(68)46-74)72(33-34-100)18-16-17-63-23-30-73(41-63)97(15-2)83-45-71(43-77(61(83)12)86(102)93-49-81-57(8)40-59(10)95-88(81)104)67-26-21-65(22-27-67)53-110-36-38-112-75-32-29-69-51-99(90(106)79(69)47-75)84(55(5)6)91(107)108/h19-22,24-29,31-32,39-40,42-47,54-55,62-63,72-73,84,100H,14-18,23,30,33-38,41,48-53H2,1-13H3,(H,92,101)(H,93,102)(H,94,103)(H,95,104)(H,107,108). The summed E-state index contributed by atoms with van der Waals surface area (Å²) in [6.45, 7) is 29.7. The quantitative estimate of drug-likeness (QED) is 0.0198. The minimum absolute atomic E-state index is 0.0170. The average molecular weight is 1530 g/mol. The van der Waals surface area contributed by atoms with Crippen molar-refractivity contribution in [3.05, 3.63) is 231 Å². The third-order valence-electron chi connectivity index (χ3n) is 23.0. The number of amides is 4. The molecule has 5 unspecified atom stereocenters. The van der Waals surface area contributed by atoms with Crippen LogP contribution in [0.3, 0.4) is 0 Å². The molecule has 594 valence electrons. The fraction of sp³-hybridized carbons (Fsp3) is 0.440. The van der Waals surface area contributed by atoms with Crippen molar-refractivity contribution in [2.45, 2.75) is 199 Å². The van der Waals surface area contributed by atoms with Crippen LogP contribution in [0.15, 0.2) is 131 Å². The molecular weight excluding hydrogens is 1410 g/mol. The van der Waals surface area contributed by atoms with E-state index >= 15 is 0 Å². The summed E-state index contributed by atoms with van der Waals surface area (Å²) in [4.78, 5) is 108. The highest BCUT2D eigenvalue weighted by atomic mass is 16.5. The van der Waals surface area contributed by atoms with Gasteiger partial charge in [0, 0.05) is 120 Å². The van der Waals surface area contributed by atoms with E-state index in [0.29, 0.717) is 109 Å². The number of aryl methyl sites for hydroxylation is 4. The Kier molecular flexibility index (Phi) is 27.5. The van der Waals surface area contributed by atoms with Gasteiger partial charge >= 0.3 is 5.97 Å². The van der Waals surface area contributed by atoms with Gasteiger partial charge in [0.1, 0.15) is 30.8 Å². The Morgan fingerprint density at radius 1 is 0.562 bits per heavy atom. The smallest absolute Gasteiger partial charge is 0.326 e. The van der Waals surface area contributed by atoms with E-state index in [1.54, 1.807) is 26.0 Å². The van der Waals surface area contributed by atoms with Gasteiger partial charge in [-0.3, -0.25) is 28.8 Å². The summed E-state index contributed by atoms with van der Waals surface area (Å²) in [5.74, 6) is -0.260. The number of nitrogens with zero attached hydrogens (tertiary/aromatic N) is 4. The van der Waals surface area contributed by atoms with Gasteiger partial charge in [-0.15, -0.1) is 0 Å². The van der Waals surface area contributed by atoms with Crippen LogP contribution in [0.25, 0.3) is 22.3 Å². The molecular formula is C91H112N8O13. The normalized spacial score (nSPS) is 15.4. The highest BCUT2D eigenvalue weighted by Gasteiger charge is 2.39. The molecule has 5 atom stereocenters. The predicted octanol–water partition coefficient (Wildman–Crippen LogP) is 14.8. The summed E-state index contributed by atoms with van der Waals surface area (Å²) >= 11 is 0. The summed E-state index contributed by atoms with van der Waals surface area (Å²) in [5.41, 5.74) is 16.5. The van der Waals surface area contributed by atoms with Crippen LogP contribution in [0.2, 0.25) is 0 Å². The Labute approximate surface area is 658 Å². The number of carboxylic acid groups (broad SMARTS) is 1. The first-order chi connectivity index (χ1) is 53.7. The van der Waals surface area contributed by atoms with Gasteiger partial charge in [0.15, 0.2) is 0 Å². The number of nitrogens with one attached hydrogen (secondary N) is 4. The molecule has 2 aliphatic heterocycles. The maximum Gasteiger partial charge on any atom is 0.326 e. The summed E-state index contributed by atoms with van der Waals surface area (Å²) in [7, 11) is 0. The molecule has 11 rings (SSSR count). The van der Waals surface area contributed by atoms with E-state index in [1.807, 2.05) is 144 Å². The molecule has 21 heteroatoms. The van der Waals surface area contributed by atoms with Crippen molar-refractivity contribution in [3.8, 4) is 33.8 Å². The van der Waals surface area contributed by atoms with Gasteiger partial charge in [-0.1, -0.05) is 101 Å². The Balaban J connectivity index is 0.755. The molecule has 0 radical (unpaired) electrons. The number of aromatic nitrogens is 2. The lowest BCUT2D eigenvalue weighted by Gasteiger charge is -2.35. The molecule has 1 saturated carbocycles. The number of hydrogen-bond donors (Lipinski definition) is 6.